The molecular formula is C24H22N4O. The summed E-state index contributed by atoms with van der Waals surface area (Å²) < 4.78 is 0. The van der Waals surface area contributed by atoms with Crippen LogP contribution in [0.25, 0.3) is 0 Å². The summed E-state index contributed by atoms with van der Waals surface area (Å²) in [5.41, 5.74) is 4.23. The van der Waals surface area contributed by atoms with Crippen LogP contribution in [0, 0.1) is 16.2 Å². The van der Waals surface area contributed by atoms with E-state index < -0.39 is 0 Å². The van der Waals surface area contributed by atoms with Crippen LogP contribution in [0.2, 0.25) is 0 Å². The third-order valence-corrected chi connectivity index (χ3v) is 5.46. The topological polar surface area (TPSA) is 59.7 Å². The van der Waals surface area contributed by atoms with Crippen molar-refractivity contribution >= 4 is 11.4 Å². The lowest BCUT2D eigenvalue weighted by Gasteiger charge is -2.41. The highest BCUT2D eigenvalue weighted by molar-refractivity contribution is 5.64. The Morgan fingerprint density at radius 2 is 1.41 bits per heavy atom. The van der Waals surface area contributed by atoms with E-state index in [-0.39, 0.29) is 11.7 Å². The van der Waals surface area contributed by atoms with Gasteiger partial charge in [-0.05, 0) is 34.5 Å². The van der Waals surface area contributed by atoms with E-state index in [1.165, 1.54) is 11.1 Å². The highest BCUT2D eigenvalue weighted by atomic mass is 16.3. The van der Waals surface area contributed by atoms with Gasteiger partial charge in [-0.15, -0.1) is 4.91 Å². The third kappa shape index (κ3) is 4.03. The van der Waals surface area contributed by atoms with Crippen molar-refractivity contribution in [1.82, 2.24) is 4.90 Å². The molecule has 0 saturated carbocycles. The Labute approximate surface area is 170 Å². The number of nitrogens with zero attached hydrogens (tertiary/aromatic N) is 4. The smallest absolute Gasteiger partial charge is 0.109 e. The molecule has 0 amide bonds. The molecule has 0 atom stereocenters. The Balaban J connectivity index is 1.56. The summed E-state index contributed by atoms with van der Waals surface area (Å²) in [6.07, 6.45) is 0. The molecule has 3 aromatic rings. The van der Waals surface area contributed by atoms with E-state index in [0.29, 0.717) is 5.56 Å². The van der Waals surface area contributed by atoms with E-state index in [1.54, 1.807) is 12.1 Å². The summed E-state index contributed by atoms with van der Waals surface area (Å²) >= 11 is 0. The fourth-order valence-corrected chi connectivity index (χ4v) is 4.05. The quantitative estimate of drug-likeness (QED) is 0.591. The average Bonchev–Trinajstić information content (AvgIpc) is 2.81. The van der Waals surface area contributed by atoms with E-state index in [4.69, 9.17) is 0 Å². The number of anilines is 1. The normalized spacial score (nSPS) is 14.6. The van der Waals surface area contributed by atoms with Gasteiger partial charge in [0.15, 0.2) is 0 Å². The predicted molar refractivity (Wildman–Crippen MR) is 115 cm³/mol. The zero-order valence-electron chi connectivity index (χ0n) is 16.1. The molecule has 4 rings (SSSR count). The molecule has 1 saturated heterocycles. The summed E-state index contributed by atoms with van der Waals surface area (Å²) in [4.78, 5) is 15.5. The molecule has 0 unspecified atom stereocenters. The highest BCUT2D eigenvalue weighted by Gasteiger charge is 2.27. The van der Waals surface area contributed by atoms with Crippen molar-refractivity contribution in [2.75, 3.05) is 31.1 Å². The van der Waals surface area contributed by atoms with Crippen molar-refractivity contribution in [3.05, 3.63) is 100 Å². The maximum absolute atomic E-state index is 10.8. The lowest BCUT2D eigenvalue weighted by atomic mass is 9.96. The van der Waals surface area contributed by atoms with Crippen LogP contribution in [0.1, 0.15) is 22.7 Å². The Hall–Kier alpha value is -3.49. The van der Waals surface area contributed by atoms with Gasteiger partial charge in [0.25, 0.3) is 0 Å². The molecule has 1 aliphatic heterocycles. The molecule has 0 spiro atoms. The molecule has 1 heterocycles. The van der Waals surface area contributed by atoms with Gasteiger partial charge in [-0.2, -0.15) is 5.26 Å². The Bertz CT molecular complexity index is 967. The molecule has 0 N–H and O–H groups in total. The minimum absolute atomic E-state index is 0.205. The second kappa shape index (κ2) is 8.68. The first-order valence-electron chi connectivity index (χ1n) is 9.76. The Morgan fingerprint density at radius 1 is 0.828 bits per heavy atom. The van der Waals surface area contributed by atoms with Crippen LogP contribution < -0.4 is 4.90 Å². The SMILES string of the molecule is N#Cc1cc(N=O)ccc1N1CCN(C(c2ccccc2)c2ccccc2)CC1. The molecule has 5 heteroatoms. The van der Waals surface area contributed by atoms with Gasteiger partial charge in [0.1, 0.15) is 11.8 Å². The number of nitriles is 1. The summed E-state index contributed by atoms with van der Waals surface area (Å²) in [6.45, 7) is 3.40. The van der Waals surface area contributed by atoms with Gasteiger partial charge >= 0.3 is 0 Å². The molecule has 5 nitrogen and oxygen atoms in total. The standard InChI is InChI=1S/C24H22N4O/c25-18-21-17-22(26-29)11-12-23(21)27-13-15-28(16-14-27)24(19-7-3-1-4-8-19)20-9-5-2-6-10-20/h1-12,17,24H,13-16H2. The van der Waals surface area contributed by atoms with E-state index >= 15 is 0 Å². The van der Waals surface area contributed by atoms with Crippen molar-refractivity contribution in [3.63, 3.8) is 0 Å². The monoisotopic (exact) mass is 382 g/mol. The van der Waals surface area contributed by atoms with Crippen molar-refractivity contribution in [3.8, 4) is 6.07 Å². The predicted octanol–water partition coefficient (Wildman–Crippen LogP) is 4.87. The molecule has 3 aromatic carbocycles. The molecule has 29 heavy (non-hydrogen) atoms. The molecule has 1 fully saturated rings. The van der Waals surface area contributed by atoms with Crippen molar-refractivity contribution in [2.45, 2.75) is 6.04 Å². The molecular weight excluding hydrogens is 360 g/mol. The van der Waals surface area contributed by atoms with E-state index in [9.17, 15) is 10.2 Å². The fraction of sp³-hybridized carbons (Fsp3) is 0.208. The van der Waals surface area contributed by atoms with Crippen molar-refractivity contribution in [1.29, 1.82) is 5.26 Å². The molecule has 0 aromatic heterocycles. The average molecular weight is 382 g/mol. The van der Waals surface area contributed by atoms with Crippen LogP contribution in [-0.4, -0.2) is 31.1 Å². The van der Waals surface area contributed by atoms with Gasteiger partial charge in [0, 0.05) is 26.2 Å². The lowest BCUT2D eigenvalue weighted by molar-refractivity contribution is 0.212. The van der Waals surface area contributed by atoms with Gasteiger partial charge in [-0.25, -0.2) is 0 Å². The minimum atomic E-state index is 0.205. The van der Waals surface area contributed by atoms with E-state index in [2.05, 4.69) is 69.6 Å². The number of hydrogen-bond acceptors (Lipinski definition) is 5. The number of nitroso groups, excluding NO2 is 1. The van der Waals surface area contributed by atoms with Crippen LogP contribution in [-0.2, 0) is 0 Å². The Morgan fingerprint density at radius 3 is 1.93 bits per heavy atom. The fourth-order valence-electron chi connectivity index (χ4n) is 4.05. The molecule has 144 valence electrons. The van der Waals surface area contributed by atoms with Gasteiger partial charge in [0.2, 0.25) is 0 Å². The summed E-state index contributed by atoms with van der Waals surface area (Å²) in [6, 6.07) is 28.6. The third-order valence-electron chi connectivity index (χ3n) is 5.46. The summed E-state index contributed by atoms with van der Waals surface area (Å²) in [5.74, 6) is 0. The van der Waals surface area contributed by atoms with Crippen molar-refractivity contribution in [2.24, 2.45) is 5.18 Å². The molecule has 0 radical (unpaired) electrons. The van der Waals surface area contributed by atoms with Gasteiger partial charge < -0.3 is 4.90 Å². The zero-order chi connectivity index (χ0) is 20.1. The number of benzene rings is 3. The van der Waals surface area contributed by atoms with Gasteiger partial charge in [0.05, 0.1) is 17.3 Å². The second-order valence-corrected chi connectivity index (χ2v) is 7.15. The highest BCUT2D eigenvalue weighted by Crippen LogP contribution is 2.31. The number of hydrogen-bond donors (Lipinski definition) is 0. The number of piperazine rings is 1. The molecule has 0 aliphatic carbocycles. The molecule has 1 aliphatic rings. The Kier molecular flexibility index (Phi) is 5.64. The first kappa shape index (κ1) is 18.9. The van der Waals surface area contributed by atoms with E-state index in [0.717, 1.165) is 31.9 Å². The van der Waals surface area contributed by atoms with Crippen LogP contribution in [0.4, 0.5) is 11.4 Å². The van der Waals surface area contributed by atoms with Crippen LogP contribution in [0.15, 0.2) is 84.0 Å². The zero-order valence-corrected chi connectivity index (χ0v) is 16.1. The molecule has 0 bridgehead atoms. The first-order chi connectivity index (χ1) is 14.3. The van der Waals surface area contributed by atoms with Crippen LogP contribution >= 0.6 is 0 Å². The number of rotatable bonds is 5. The first-order valence-corrected chi connectivity index (χ1v) is 9.76. The van der Waals surface area contributed by atoms with E-state index in [1.807, 2.05) is 18.2 Å². The van der Waals surface area contributed by atoms with Crippen LogP contribution in [0.5, 0.6) is 0 Å². The van der Waals surface area contributed by atoms with Crippen molar-refractivity contribution < 1.29 is 0 Å². The van der Waals surface area contributed by atoms with Crippen LogP contribution in [0.3, 0.4) is 0 Å². The minimum Gasteiger partial charge on any atom is -0.368 e. The van der Waals surface area contributed by atoms with Gasteiger partial charge in [-0.1, -0.05) is 60.7 Å². The van der Waals surface area contributed by atoms with Gasteiger partial charge in [-0.3, -0.25) is 4.90 Å². The maximum atomic E-state index is 10.8. The lowest BCUT2D eigenvalue weighted by Crippen LogP contribution is -2.48. The largest absolute Gasteiger partial charge is 0.368 e. The summed E-state index contributed by atoms with van der Waals surface area (Å²) in [7, 11) is 0. The maximum Gasteiger partial charge on any atom is 0.109 e. The second-order valence-electron chi connectivity index (χ2n) is 7.15. The summed E-state index contributed by atoms with van der Waals surface area (Å²) in [5, 5.41) is 12.4.